The van der Waals surface area contributed by atoms with Gasteiger partial charge in [-0.1, -0.05) is 47.0 Å². The van der Waals surface area contributed by atoms with Crippen LogP contribution in [0.5, 0.6) is 0 Å². The number of rotatable bonds is 2. The minimum Gasteiger partial charge on any atom is -0.389 e. The molecule has 4 heteroatoms. The fourth-order valence-electron chi connectivity index (χ4n) is 0.931. The molecule has 1 aromatic carbocycles. The van der Waals surface area contributed by atoms with Crippen LogP contribution in [0.1, 0.15) is 12.5 Å². The zero-order valence-electron chi connectivity index (χ0n) is 7.47. The van der Waals surface area contributed by atoms with Crippen LogP contribution in [-0.2, 0) is 0 Å². The largest absolute Gasteiger partial charge is 0.389 e. The van der Waals surface area contributed by atoms with E-state index in [1.807, 2.05) is 0 Å². The molecule has 0 saturated carbocycles. The van der Waals surface area contributed by atoms with E-state index in [0.717, 1.165) is 0 Å². The maximum absolute atomic E-state index is 9.06. The van der Waals surface area contributed by atoms with Crippen LogP contribution in [0.3, 0.4) is 0 Å². The minimum absolute atomic E-state index is 0.399. The Morgan fingerprint density at radius 1 is 1.21 bits per heavy atom. The van der Waals surface area contributed by atoms with Gasteiger partial charge in [0.05, 0.1) is 16.1 Å². The normalized spacial score (nSPS) is 13.5. The van der Waals surface area contributed by atoms with Gasteiger partial charge in [-0.25, -0.2) is 0 Å². The molecular weight excluding hydrogens is 242 g/mol. The SMILES string of the molecule is CC(O)/C=C/c1c(Cl)ccc(Cl)c1Cl. The van der Waals surface area contributed by atoms with Gasteiger partial charge in [0.25, 0.3) is 0 Å². The molecule has 0 heterocycles. The highest BCUT2D eigenvalue weighted by Gasteiger charge is 2.06. The fraction of sp³-hybridized carbons (Fsp3) is 0.200. The summed E-state index contributed by atoms with van der Waals surface area (Å²) >= 11 is 17.7. The lowest BCUT2D eigenvalue weighted by Gasteiger charge is -2.04. The van der Waals surface area contributed by atoms with Gasteiger partial charge >= 0.3 is 0 Å². The van der Waals surface area contributed by atoms with Crippen LogP contribution < -0.4 is 0 Å². The van der Waals surface area contributed by atoms with Crippen molar-refractivity contribution in [3.63, 3.8) is 0 Å². The summed E-state index contributed by atoms with van der Waals surface area (Å²) in [7, 11) is 0. The zero-order chi connectivity index (χ0) is 10.7. The molecule has 1 atom stereocenters. The molecule has 0 saturated heterocycles. The average Bonchev–Trinajstić information content (AvgIpc) is 2.11. The Kier molecular flexibility index (Phi) is 4.27. The topological polar surface area (TPSA) is 20.2 Å². The smallest absolute Gasteiger partial charge is 0.0696 e. The third-order valence-electron chi connectivity index (χ3n) is 1.62. The summed E-state index contributed by atoms with van der Waals surface area (Å²) < 4.78 is 0. The molecule has 0 aliphatic carbocycles. The van der Waals surface area contributed by atoms with Crippen molar-refractivity contribution < 1.29 is 5.11 Å². The van der Waals surface area contributed by atoms with E-state index in [0.29, 0.717) is 20.6 Å². The standard InChI is InChI=1S/C10H9Cl3O/c1-6(14)2-3-7-8(11)4-5-9(12)10(7)13/h2-6,14H,1H3/b3-2+. The highest BCUT2D eigenvalue weighted by atomic mass is 35.5. The lowest BCUT2D eigenvalue weighted by molar-refractivity contribution is 0.245. The number of aliphatic hydroxyl groups excluding tert-OH is 1. The highest BCUT2D eigenvalue weighted by Crippen LogP contribution is 2.32. The Bertz CT molecular complexity index is 359. The Morgan fingerprint density at radius 2 is 1.79 bits per heavy atom. The van der Waals surface area contributed by atoms with E-state index in [1.54, 1.807) is 31.2 Å². The molecule has 1 unspecified atom stereocenters. The van der Waals surface area contributed by atoms with Gasteiger partial charge in [0, 0.05) is 10.6 Å². The van der Waals surface area contributed by atoms with Crippen LogP contribution >= 0.6 is 34.8 Å². The van der Waals surface area contributed by atoms with Crippen molar-refractivity contribution in [3.05, 3.63) is 38.8 Å². The van der Waals surface area contributed by atoms with Gasteiger partial charge in [-0.05, 0) is 19.1 Å². The lowest BCUT2D eigenvalue weighted by atomic mass is 10.2. The van der Waals surface area contributed by atoms with E-state index >= 15 is 0 Å². The molecule has 1 aromatic rings. The van der Waals surface area contributed by atoms with Crippen molar-refractivity contribution in [1.82, 2.24) is 0 Å². The van der Waals surface area contributed by atoms with Gasteiger partial charge < -0.3 is 5.11 Å². The third kappa shape index (κ3) is 2.89. The summed E-state index contributed by atoms with van der Waals surface area (Å²) in [5.74, 6) is 0. The summed E-state index contributed by atoms with van der Waals surface area (Å²) in [6.07, 6.45) is 2.70. The van der Waals surface area contributed by atoms with Crippen LogP contribution in [-0.4, -0.2) is 11.2 Å². The van der Waals surface area contributed by atoms with E-state index in [2.05, 4.69) is 0 Å². The van der Waals surface area contributed by atoms with E-state index in [1.165, 1.54) is 0 Å². The van der Waals surface area contributed by atoms with Crippen LogP contribution in [0.25, 0.3) is 6.08 Å². The van der Waals surface area contributed by atoms with Gasteiger partial charge in [0.15, 0.2) is 0 Å². The maximum atomic E-state index is 9.06. The second kappa shape index (κ2) is 5.04. The number of halogens is 3. The van der Waals surface area contributed by atoms with E-state index in [-0.39, 0.29) is 0 Å². The lowest BCUT2D eigenvalue weighted by Crippen LogP contribution is -1.91. The number of benzene rings is 1. The summed E-state index contributed by atoms with van der Waals surface area (Å²) in [6.45, 7) is 1.64. The Morgan fingerprint density at radius 3 is 2.36 bits per heavy atom. The fourth-order valence-corrected chi connectivity index (χ4v) is 1.59. The monoisotopic (exact) mass is 250 g/mol. The first kappa shape index (κ1) is 11.9. The molecule has 1 rings (SSSR count). The molecule has 76 valence electrons. The van der Waals surface area contributed by atoms with Gasteiger partial charge in [0.1, 0.15) is 0 Å². The van der Waals surface area contributed by atoms with Crippen LogP contribution in [0.15, 0.2) is 18.2 Å². The van der Waals surface area contributed by atoms with Crippen molar-refractivity contribution in [3.8, 4) is 0 Å². The second-order valence-corrected chi connectivity index (χ2v) is 4.05. The number of hydrogen-bond acceptors (Lipinski definition) is 1. The van der Waals surface area contributed by atoms with Crippen LogP contribution in [0.2, 0.25) is 15.1 Å². The van der Waals surface area contributed by atoms with Crippen molar-refractivity contribution >= 4 is 40.9 Å². The predicted molar refractivity (Wildman–Crippen MR) is 62.2 cm³/mol. The van der Waals surface area contributed by atoms with E-state index < -0.39 is 6.10 Å². The first-order chi connectivity index (χ1) is 6.52. The molecule has 1 N–H and O–H groups in total. The molecule has 0 spiro atoms. The van der Waals surface area contributed by atoms with Crippen molar-refractivity contribution in [2.75, 3.05) is 0 Å². The van der Waals surface area contributed by atoms with Crippen molar-refractivity contribution in [1.29, 1.82) is 0 Å². The third-order valence-corrected chi connectivity index (χ3v) is 2.77. The van der Waals surface area contributed by atoms with Crippen molar-refractivity contribution in [2.45, 2.75) is 13.0 Å². The highest BCUT2D eigenvalue weighted by molar-refractivity contribution is 6.44. The molecule has 0 aromatic heterocycles. The average molecular weight is 252 g/mol. The minimum atomic E-state index is -0.541. The summed E-state index contributed by atoms with van der Waals surface area (Å²) in [5, 5.41) is 10.4. The first-order valence-corrected chi connectivity index (χ1v) is 5.15. The van der Waals surface area contributed by atoms with Gasteiger partial charge in [0.2, 0.25) is 0 Å². The van der Waals surface area contributed by atoms with E-state index in [4.69, 9.17) is 39.9 Å². The molecular formula is C10H9Cl3O. The molecule has 0 aliphatic heterocycles. The summed E-state index contributed by atoms with van der Waals surface area (Å²) in [5.41, 5.74) is 0.627. The van der Waals surface area contributed by atoms with E-state index in [9.17, 15) is 0 Å². The van der Waals surface area contributed by atoms with Gasteiger partial charge in [-0.3, -0.25) is 0 Å². The summed E-state index contributed by atoms with van der Waals surface area (Å²) in [6, 6.07) is 3.30. The molecule has 0 amide bonds. The molecule has 0 fully saturated rings. The van der Waals surface area contributed by atoms with Gasteiger partial charge in [-0.15, -0.1) is 0 Å². The van der Waals surface area contributed by atoms with Gasteiger partial charge in [-0.2, -0.15) is 0 Å². The molecule has 0 radical (unpaired) electrons. The maximum Gasteiger partial charge on any atom is 0.0696 e. The number of aliphatic hydroxyl groups is 1. The van der Waals surface area contributed by atoms with Crippen LogP contribution in [0.4, 0.5) is 0 Å². The molecule has 0 bridgehead atoms. The zero-order valence-corrected chi connectivity index (χ0v) is 9.74. The first-order valence-electron chi connectivity index (χ1n) is 4.02. The quantitative estimate of drug-likeness (QED) is 0.787. The Labute approximate surface area is 97.9 Å². The summed E-state index contributed by atoms with van der Waals surface area (Å²) in [4.78, 5) is 0. The molecule has 0 aliphatic rings. The van der Waals surface area contributed by atoms with Crippen molar-refractivity contribution in [2.24, 2.45) is 0 Å². The Balaban J connectivity index is 3.13. The predicted octanol–water partition coefficient (Wildman–Crippen LogP) is 4.04. The second-order valence-electron chi connectivity index (χ2n) is 2.86. The molecule has 14 heavy (non-hydrogen) atoms. The van der Waals surface area contributed by atoms with Crippen LogP contribution in [0, 0.1) is 0 Å². The number of hydrogen-bond donors (Lipinski definition) is 1. The molecule has 1 nitrogen and oxygen atoms in total. The Hall–Kier alpha value is -0.210.